The molecule has 0 aliphatic rings. The zero-order valence-corrected chi connectivity index (χ0v) is 11.8. The van der Waals surface area contributed by atoms with Crippen molar-refractivity contribution in [1.29, 1.82) is 0 Å². The van der Waals surface area contributed by atoms with Gasteiger partial charge in [-0.2, -0.15) is 0 Å². The van der Waals surface area contributed by atoms with Crippen molar-refractivity contribution in [1.82, 2.24) is 9.59 Å². The van der Waals surface area contributed by atoms with Crippen LogP contribution in [0.2, 0.25) is 0 Å². The van der Waals surface area contributed by atoms with E-state index in [1.807, 2.05) is 26.0 Å². The third-order valence-electron chi connectivity index (χ3n) is 2.83. The van der Waals surface area contributed by atoms with Gasteiger partial charge in [-0.25, -0.2) is 0 Å². The second-order valence-electron chi connectivity index (χ2n) is 4.05. The first-order valence-corrected chi connectivity index (χ1v) is 6.93. The van der Waals surface area contributed by atoms with E-state index >= 15 is 0 Å². The fourth-order valence-electron chi connectivity index (χ4n) is 1.86. The van der Waals surface area contributed by atoms with Crippen LogP contribution in [0.4, 0.5) is 11.4 Å². The van der Waals surface area contributed by atoms with Crippen LogP contribution >= 0.6 is 11.5 Å². The van der Waals surface area contributed by atoms with Crippen LogP contribution < -0.4 is 10.6 Å². The van der Waals surface area contributed by atoms with Gasteiger partial charge >= 0.3 is 0 Å². The summed E-state index contributed by atoms with van der Waals surface area (Å²) in [5.74, 6) is -0.0695. The Bertz CT molecular complexity index is 582. The van der Waals surface area contributed by atoms with Crippen molar-refractivity contribution in [3.05, 3.63) is 34.8 Å². The molecule has 0 unspecified atom stereocenters. The number of carbonyl (C=O) groups excluding carboxylic acids is 1. The van der Waals surface area contributed by atoms with Gasteiger partial charge in [0, 0.05) is 17.9 Å². The normalized spacial score (nSPS) is 10.4. The van der Waals surface area contributed by atoms with Crippen LogP contribution in [0, 0.1) is 0 Å². The van der Waals surface area contributed by atoms with Crippen molar-refractivity contribution in [2.45, 2.75) is 20.3 Å². The van der Waals surface area contributed by atoms with E-state index in [9.17, 15) is 4.79 Å². The topological polar surface area (TPSA) is 72.1 Å². The molecule has 0 fully saturated rings. The number of hydrogen-bond acceptors (Lipinski definition) is 5. The second-order valence-corrected chi connectivity index (χ2v) is 4.80. The maximum Gasteiger partial charge on any atom is 0.271 e. The fourth-order valence-corrected chi connectivity index (χ4v) is 2.56. The number of hydrogen-bond donors (Lipinski definition) is 1. The standard InChI is InChI=1S/C13H16N4OS/c1-3-11-12(19-16-15-11)13(18)17(4-2)10-7-5-6-9(14)8-10/h5-8H,3-4,14H2,1-2H3. The van der Waals surface area contributed by atoms with Gasteiger partial charge in [0.25, 0.3) is 5.91 Å². The van der Waals surface area contributed by atoms with E-state index < -0.39 is 0 Å². The van der Waals surface area contributed by atoms with E-state index in [0.717, 1.165) is 22.9 Å². The van der Waals surface area contributed by atoms with Crippen molar-refractivity contribution in [3.63, 3.8) is 0 Å². The van der Waals surface area contributed by atoms with Crippen molar-refractivity contribution in [3.8, 4) is 0 Å². The molecule has 6 heteroatoms. The van der Waals surface area contributed by atoms with Crippen LogP contribution in [0.15, 0.2) is 24.3 Å². The van der Waals surface area contributed by atoms with E-state index in [4.69, 9.17) is 5.73 Å². The van der Waals surface area contributed by atoms with Gasteiger partial charge in [-0.1, -0.05) is 17.5 Å². The first kappa shape index (κ1) is 13.5. The molecule has 0 aliphatic carbocycles. The molecular formula is C13H16N4OS. The van der Waals surface area contributed by atoms with Crippen molar-refractivity contribution in [2.24, 2.45) is 0 Å². The Hall–Kier alpha value is -1.95. The van der Waals surface area contributed by atoms with Crippen LogP contribution in [0.5, 0.6) is 0 Å². The lowest BCUT2D eigenvalue weighted by Gasteiger charge is -2.20. The summed E-state index contributed by atoms with van der Waals surface area (Å²) in [6.07, 6.45) is 0.700. The Kier molecular flexibility index (Phi) is 4.11. The Labute approximate surface area is 116 Å². The van der Waals surface area contributed by atoms with Gasteiger partial charge in [-0.05, 0) is 43.1 Å². The molecule has 1 heterocycles. The predicted molar refractivity (Wildman–Crippen MR) is 77.5 cm³/mol. The van der Waals surface area contributed by atoms with Crippen LogP contribution in [-0.4, -0.2) is 22.0 Å². The summed E-state index contributed by atoms with van der Waals surface area (Å²) in [5.41, 5.74) is 7.95. The lowest BCUT2D eigenvalue weighted by molar-refractivity contribution is 0.0991. The molecular weight excluding hydrogens is 260 g/mol. The summed E-state index contributed by atoms with van der Waals surface area (Å²) in [5, 5.41) is 3.98. The van der Waals surface area contributed by atoms with E-state index in [0.29, 0.717) is 23.5 Å². The summed E-state index contributed by atoms with van der Waals surface area (Å²) >= 11 is 1.14. The highest BCUT2D eigenvalue weighted by atomic mass is 32.1. The van der Waals surface area contributed by atoms with Gasteiger partial charge in [0.15, 0.2) is 0 Å². The van der Waals surface area contributed by atoms with E-state index in [2.05, 4.69) is 9.59 Å². The minimum atomic E-state index is -0.0695. The second kappa shape index (κ2) is 5.79. The summed E-state index contributed by atoms with van der Waals surface area (Å²) in [6.45, 7) is 4.47. The maximum absolute atomic E-state index is 12.5. The van der Waals surface area contributed by atoms with E-state index in [-0.39, 0.29) is 5.91 Å². The molecule has 0 saturated heterocycles. The van der Waals surface area contributed by atoms with Crippen LogP contribution in [-0.2, 0) is 6.42 Å². The van der Waals surface area contributed by atoms with Crippen LogP contribution in [0.25, 0.3) is 0 Å². The monoisotopic (exact) mass is 276 g/mol. The first-order chi connectivity index (χ1) is 9.17. The molecule has 100 valence electrons. The molecule has 0 aliphatic heterocycles. The molecule has 2 rings (SSSR count). The van der Waals surface area contributed by atoms with E-state index in [1.165, 1.54) is 0 Å². The Morgan fingerprint density at radius 3 is 2.84 bits per heavy atom. The summed E-state index contributed by atoms with van der Waals surface area (Å²) in [6, 6.07) is 7.30. The summed E-state index contributed by atoms with van der Waals surface area (Å²) in [7, 11) is 0. The summed E-state index contributed by atoms with van der Waals surface area (Å²) in [4.78, 5) is 14.8. The number of amides is 1. The van der Waals surface area contributed by atoms with Gasteiger partial charge in [0.05, 0.1) is 5.69 Å². The molecule has 0 spiro atoms. The number of rotatable bonds is 4. The summed E-state index contributed by atoms with van der Waals surface area (Å²) < 4.78 is 3.86. The number of nitrogens with zero attached hydrogens (tertiary/aromatic N) is 3. The molecule has 1 amide bonds. The maximum atomic E-state index is 12.5. The highest BCUT2D eigenvalue weighted by molar-refractivity contribution is 7.08. The minimum absolute atomic E-state index is 0.0695. The van der Waals surface area contributed by atoms with Gasteiger partial charge in [-0.15, -0.1) is 5.10 Å². The number of aryl methyl sites for hydroxylation is 1. The number of anilines is 2. The number of benzene rings is 1. The zero-order chi connectivity index (χ0) is 13.8. The van der Waals surface area contributed by atoms with E-state index in [1.54, 1.807) is 17.0 Å². The third kappa shape index (κ3) is 2.73. The molecule has 0 radical (unpaired) electrons. The largest absolute Gasteiger partial charge is 0.399 e. The molecule has 0 saturated carbocycles. The SMILES string of the molecule is CCc1nnsc1C(=O)N(CC)c1cccc(N)c1. The highest BCUT2D eigenvalue weighted by Crippen LogP contribution is 2.22. The van der Waals surface area contributed by atoms with Crippen molar-refractivity contribution in [2.75, 3.05) is 17.2 Å². The number of carbonyl (C=O) groups is 1. The molecule has 1 aromatic carbocycles. The Morgan fingerprint density at radius 1 is 1.42 bits per heavy atom. The molecule has 5 nitrogen and oxygen atoms in total. The average Bonchev–Trinajstić information content (AvgIpc) is 2.87. The van der Waals surface area contributed by atoms with Gasteiger partial charge in [0.2, 0.25) is 0 Å². The molecule has 1 aromatic heterocycles. The number of nitrogen functional groups attached to an aromatic ring is 1. The quantitative estimate of drug-likeness (QED) is 0.870. The van der Waals surface area contributed by atoms with Gasteiger partial charge < -0.3 is 10.6 Å². The van der Waals surface area contributed by atoms with Gasteiger partial charge in [0.1, 0.15) is 4.88 Å². The van der Waals surface area contributed by atoms with Crippen molar-refractivity contribution >= 4 is 28.8 Å². The van der Waals surface area contributed by atoms with Gasteiger partial charge in [-0.3, -0.25) is 4.79 Å². The number of aromatic nitrogens is 2. The third-order valence-corrected chi connectivity index (χ3v) is 3.58. The Morgan fingerprint density at radius 2 is 2.21 bits per heavy atom. The molecule has 2 N–H and O–H groups in total. The lowest BCUT2D eigenvalue weighted by Crippen LogP contribution is -2.30. The smallest absolute Gasteiger partial charge is 0.271 e. The average molecular weight is 276 g/mol. The number of nitrogens with two attached hydrogens (primary N) is 1. The molecule has 19 heavy (non-hydrogen) atoms. The predicted octanol–water partition coefficient (Wildman–Crippen LogP) is 2.35. The zero-order valence-electron chi connectivity index (χ0n) is 11.0. The Balaban J connectivity index is 2.35. The fraction of sp³-hybridized carbons (Fsp3) is 0.308. The lowest BCUT2D eigenvalue weighted by atomic mass is 10.2. The molecule has 0 atom stereocenters. The highest BCUT2D eigenvalue weighted by Gasteiger charge is 2.21. The van der Waals surface area contributed by atoms with Crippen LogP contribution in [0.1, 0.15) is 29.2 Å². The molecule has 2 aromatic rings. The molecule has 0 bridgehead atoms. The van der Waals surface area contributed by atoms with Crippen LogP contribution in [0.3, 0.4) is 0 Å². The first-order valence-electron chi connectivity index (χ1n) is 6.16. The minimum Gasteiger partial charge on any atom is -0.399 e. The van der Waals surface area contributed by atoms with Crippen molar-refractivity contribution < 1.29 is 4.79 Å².